The molecular weight excluding hydrogens is 286 g/mol. The summed E-state index contributed by atoms with van der Waals surface area (Å²) in [5.41, 5.74) is -0.0872. The van der Waals surface area contributed by atoms with Crippen molar-refractivity contribution in [3.8, 4) is 5.75 Å². The number of methoxy groups -OCH3 is 1. The Hall–Kier alpha value is -2.24. The number of hydrogen-bond acceptors (Lipinski definition) is 2. The largest absolute Gasteiger partial charge is 0.496 e. The van der Waals surface area contributed by atoms with Crippen LogP contribution in [0, 0.1) is 23.3 Å². The lowest BCUT2D eigenvalue weighted by molar-refractivity contribution is 0.402. The third-order valence-electron chi connectivity index (χ3n) is 3.05. The number of hydrogen-bond donors (Lipinski definition) is 1. The van der Waals surface area contributed by atoms with Crippen molar-refractivity contribution in [2.75, 3.05) is 12.4 Å². The predicted octanol–water partition coefficient (Wildman–Crippen LogP) is 4.42. The van der Waals surface area contributed by atoms with Gasteiger partial charge in [-0.25, -0.2) is 17.6 Å². The zero-order chi connectivity index (χ0) is 15.6. The van der Waals surface area contributed by atoms with E-state index in [0.29, 0.717) is 12.1 Å². The third-order valence-corrected chi connectivity index (χ3v) is 3.05. The van der Waals surface area contributed by atoms with Crippen LogP contribution >= 0.6 is 0 Å². The quantitative estimate of drug-likeness (QED) is 0.666. The van der Waals surface area contributed by atoms with Gasteiger partial charge in [0.15, 0.2) is 11.6 Å². The molecule has 0 aliphatic carbocycles. The van der Waals surface area contributed by atoms with Gasteiger partial charge in [-0.1, -0.05) is 6.07 Å². The molecule has 2 aromatic carbocycles. The van der Waals surface area contributed by atoms with Crippen LogP contribution in [0.25, 0.3) is 0 Å². The molecule has 1 unspecified atom stereocenters. The molecule has 6 heteroatoms. The minimum atomic E-state index is -1.28. The Morgan fingerprint density at radius 1 is 0.952 bits per heavy atom. The van der Waals surface area contributed by atoms with E-state index in [4.69, 9.17) is 4.74 Å². The lowest BCUT2D eigenvalue weighted by atomic mass is 10.1. The predicted molar refractivity (Wildman–Crippen MR) is 71.3 cm³/mol. The summed E-state index contributed by atoms with van der Waals surface area (Å²) in [4.78, 5) is 0. The van der Waals surface area contributed by atoms with E-state index in [9.17, 15) is 17.6 Å². The highest BCUT2D eigenvalue weighted by Gasteiger charge is 2.18. The molecule has 0 amide bonds. The van der Waals surface area contributed by atoms with Gasteiger partial charge in [0.05, 0.1) is 24.4 Å². The molecule has 112 valence electrons. The van der Waals surface area contributed by atoms with Crippen LogP contribution in [-0.2, 0) is 0 Å². The lowest BCUT2D eigenvalue weighted by Gasteiger charge is -2.19. The lowest BCUT2D eigenvalue weighted by Crippen LogP contribution is -2.12. The molecule has 1 N–H and O–H groups in total. The summed E-state index contributed by atoms with van der Waals surface area (Å²) in [7, 11) is 1.38. The van der Waals surface area contributed by atoms with Gasteiger partial charge in [-0.3, -0.25) is 0 Å². The molecule has 0 heterocycles. The third kappa shape index (κ3) is 3.09. The highest BCUT2D eigenvalue weighted by molar-refractivity contribution is 5.49. The van der Waals surface area contributed by atoms with E-state index in [2.05, 4.69) is 5.32 Å². The SMILES string of the molecule is COc1cccc(F)c1C(C)Nc1cc(F)c(F)cc1F. The molecule has 2 aromatic rings. The Balaban J connectivity index is 2.35. The van der Waals surface area contributed by atoms with E-state index >= 15 is 0 Å². The highest BCUT2D eigenvalue weighted by atomic mass is 19.2. The van der Waals surface area contributed by atoms with Gasteiger partial charge in [-0.05, 0) is 19.1 Å². The molecular formula is C15H13F4NO. The summed E-state index contributed by atoms with van der Waals surface area (Å²) < 4.78 is 58.6. The molecule has 0 aliphatic rings. The van der Waals surface area contributed by atoms with Gasteiger partial charge < -0.3 is 10.1 Å². The minimum absolute atomic E-state index is 0.170. The van der Waals surface area contributed by atoms with Crippen molar-refractivity contribution in [3.63, 3.8) is 0 Å². The topological polar surface area (TPSA) is 21.3 Å². The molecule has 0 fully saturated rings. The monoisotopic (exact) mass is 299 g/mol. The Morgan fingerprint density at radius 2 is 1.62 bits per heavy atom. The Bertz CT molecular complexity index is 660. The van der Waals surface area contributed by atoms with Crippen molar-refractivity contribution in [2.45, 2.75) is 13.0 Å². The Morgan fingerprint density at radius 3 is 2.29 bits per heavy atom. The van der Waals surface area contributed by atoms with Gasteiger partial charge >= 0.3 is 0 Å². The summed E-state index contributed by atoms with van der Waals surface area (Å²) in [5, 5.41) is 2.61. The van der Waals surface area contributed by atoms with Gasteiger partial charge in [0.25, 0.3) is 0 Å². The maximum Gasteiger partial charge on any atom is 0.161 e. The molecule has 0 aromatic heterocycles. The van der Waals surface area contributed by atoms with Gasteiger partial charge in [0.2, 0.25) is 0 Å². The molecule has 21 heavy (non-hydrogen) atoms. The standard InChI is InChI=1S/C15H13F4NO/c1-8(15-9(16)4-3-5-14(15)21-2)20-13-7-11(18)10(17)6-12(13)19/h3-8,20H,1-2H3. The molecule has 0 saturated carbocycles. The van der Waals surface area contributed by atoms with Crippen LogP contribution in [-0.4, -0.2) is 7.11 Å². The summed E-state index contributed by atoms with van der Waals surface area (Å²) in [6.07, 6.45) is 0. The van der Waals surface area contributed by atoms with E-state index in [-0.39, 0.29) is 17.0 Å². The summed E-state index contributed by atoms with van der Waals surface area (Å²) in [6.45, 7) is 1.56. The number of rotatable bonds is 4. The van der Waals surface area contributed by atoms with E-state index in [1.807, 2.05) is 0 Å². The number of anilines is 1. The second-order valence-corrected chi connectivity index (χ2v) is 4.47. The average Bonchev–Trinajstić information content (AvgIpc) is 2.44. The summed E-state index contributed by atoms with van der Waals surface area (Å²) in [6, 6.07) is 4.68. The molecule has 0 spiro atoms. The fourth-order valence-electron chi connectivity index (χ4n) is 2.05. The van der Waals surface area contributed by atoms with E-state index < -0.39 is 29.3 Å². The van der Waals surface area contributed by atoms with Gasteiger partial charge in [0, 0.05) is 12.1 Å². The van der Waals surface area contributed by atoms with Crippen LogP contribution in [0.3, 0.4) is 0 Å². The van der Waals surface area contributed by atoms with Crippen molar-refractivity contribution in [1.29, 1.82) is 0 Å². The average molecular weight is 299 g/mol. The van der Waals surface area contributed by atoms with Gasteiger partial charge in [-0.15, -0.1) is 0 Å². The number of halogens is 4. The zero-order valence-electron chi connectivity index (χ0n) is 11.4. The van der Waals surface area contributed by atoms with Crippen LogP contribution in [0.1, 0.15) is 18.5 Å². The van der Waals surface area contributed by atoms with Crippen molar-refractivity contribution < 1.29 is 22.3 Å². The van der Waals surface area contributed by atoms with Gasteiger partial charge in [0.1, 0.15) is 17.4 Å². The van der Waals surface area contributed by atoms with Crippen LogP contribution in [0.15, 0.2) is 30.3 Å². The second-order valence-electron chi connectivity index (χ2n) is 4.47. The molecule has 0 saturated heterocycles. The van der Waals surface area contributed by atoms with Gasteiger partial charge in [-0.2, -0.15) is 0 Å². The first-order valence-electron chi connectivity index (χ1n) is 6.17. The molecule has 0 aliphatic heterocycles. The minimum Gasteiger partial charge on any atom is -0.496 e. The molecule has 2 rings (SSSR count). The van der Waals surface area contributed by atoms with Crippen LogP contribution in [0.5, 0.6) is 5.75 Å². The first kappa shape index (κ1) is 15.2. The Labute approximate surface area is 119 Å². The van der Waals surface area contributed by atoms with Crippen LogP contribution in [0.2, 0.25) is 0 Å². The fraction of sp³-hybridized carbons (Fsp3) is 0.200. The molecule has 1 atom stereocenters. The maximum absolute atomic E-state index is 13.9. The molecule has 2 nitrogen and oxygen atoms in total. The van der Waals surface area contributed by atoms with E-state index in [1.165, 1.54) is 19.2 Å². The molecule has 0 bridgehead atoms. The number of ether oxygens (including phenoxy) is 1. The molecule has 0 radical (unpaired) electrons. The summed E-state index contributed by atoms with van der Waals surface area (Å²) >= 11 is 0. The van der Waals surface area contributed by atoms with Crippen molar-refractivity contribution in [3.05, 3.63) is 59.2 Å². The zero-order valence-corrected chi connectivity index (χ0v) is 11.4. The maximum atomic E-state index is 13.9. The fourth-order valence-corrected chi connectivity index (χ4v) is 2.05. The van der Waals surface area contributed by atoms with E-state index in [0.717, 1.165) is 0 Å². The first-order valence-corrected chi connectivity index (χ1v) is 6.17. The number of nitrogens with one attached hydrogen (secondary N) is 1. The van der Waals surface area contributed by atoms with E-state index in [1.54, 1.807) is 13.0 Å². The summed E-state index contributed by atoms with van der Waals surface area (Å²) in [5.74, 6) is -3.70. The second kappa shape index (κ2) is 6.03. The number of benzene rings is 2. The van der Waals surface area contributed by atoms with Crippen LogP contribution < -0.4 is 10.1 Å². The normalized spacial score (nSPS) is 12.1. The smallest absolute Gasteiger partial charge is 0.161 e. The van der Waals surface area contributed by atoms with Crippen molar-refractivity contribution >= 4 is 5.69 Å². The first-order chi connectivity index (χ1) is 9.93. The highest BCUT2D eigenvalue weighted by Crippen LogP contribution is 2.31. The van der Waals surface area contributed by atoms with Crippen LogP contribution in [0.4, 0.5) is 23.2 Å². The Kier molecular flexibility index (Phi) is 4.35. The van der Waals surface area contributed by atoms with Crippen molar-refractivity contribution in [2.24, 2.45) is 0 Å². The van der Waals surface area contributed by atoms with Crippen molar-refractivity contribution in [1.82, 2.24) is 0 Å².